The Morgan fingerprint density at radius 2 is 1.97 bits per heavy atom. The molecule has 6 aromatic rings. The summed E-state index contributed by atoms with van der Waals surface area (Å²) >= 11 is 0. The second kappa shape index (κ2) is 9.18. The maximum absolute atomic E-state index is 14.0. The Bertz CT molecular complexity index is 1720. The van der Waals surface area contributed by atoms with Gasteiger partial charge in [-0.2, -0.15) is 5.10 Å². The topological polar surface area (TPSA) is 109 Å². The monoisotopic (exact) mass is 498 g/mol. The van der Waals surface area contributed by atoms with Gasteiger partial charge in [0.1, 0.15) is 11.6 Å². The number of aromatic amines is 2. The molecule has 0 aliphatic carbocycles. The Balaban J connectivity index is 1.26. The number of aryl methyl sites for hydroxylation is 1. The minimum atomic E-state index is -0.618. The first kappa shape index (κ1) is 22.9. The number of nitrogens with two attached hydrogens (primary N) is 1. The van der Waals surface area contributed by atoms with Crippen molar-refractivity contribution in [1.82, 2.24) is 20.2 Å². The van der Waals surface area contributed by atoms with Gasteiger partial charge in [-0.25, -0.2) is 8.78 Å². The summed E-state index contributed by atoms with van der Waals surface area (Å²) in [4.78, 5) is 7.61. The predicted molar refractivity (Wildman–Crippen MR) is 140 cm³/mol. The van der Waals surface area contributed by atoms with Gasteiger partial charge in [0.15, 0.2) is 0 Å². The van der Waals surface area contributed by atoms with Crippen molar-refractivity contribution in [1.29, 1.82) is 0 Å². The highest BCUT2D eigenvalue weighted by atomic mass is 19.1. The second-order valence-electron chi connectivity index (χ2n) is 9.18. The Morgan fingerprint density at radius 3 is 2.81 bits per heavy atom. The fourth-order valence-corrected chi connectivity index (χ4v) is 4.70. The van der Waals surface area contributed by atoms with Crippen LogP contribution in [0.1, 0.15) is 11.3 Å². The number of anilines is 1. The van der Waals surface area contributed by atoms with Crippen molar-refractivity contribution in [2.75, 3.05) is 11.9 Å². The molecule has 6 rings (SSSR count). The lowest BCUT2D eigenvalue weighted by Crippen LogP contribution is -2.31. The number of hydrogen-bond donors (Lipinski definition) is 4. The van der Waals surface area contributed by atoms with Gasteiger partial charge in [-0.1, -0.05) is 6.07 Å². The van der Waals surface area contributed by atoms with E-state index in [1.165, 1.54) is 6.07 Å². The lowest BCUT2D eigenvalue weighted by Gasteiger charge is -2.15. The molecule has 0 radical (unpaired) electrons. The smallest absolute Gasteiger partial charge is 0.150 e. The molecule has 0 aliphatic heterocycles. The highest BCUT2D eigenvalue weighted by Crippen LogP contribution is 2.34. The number of pyridine rings is 1. The SMILES string of the molecule is Cc1[nH]nc2ccc(-c3cc(NC[C@H](N)Cc4c[nH]c5c(F)cc(F)cc45)cnc3-c3ccoc3)cc12. The Morgan fingerprint density at radius 1 is 1.08 bits per heavy atom. The van der Waals surface area contributed by atoms with E-state index < -0.39 is 11.6 Å². The predicted octanol–water partition coefficient (Wildman–Crippen LogP) is 5.93. The van der Waals surface area contributed by atoms with E-state index in [0.717, 1.165) is 56.3 Å². The van der Waals surface area contributed by atoms with E-state index in [4.69, 9.17) is 15.1 Å². The largest absolute Gasteiger partial charge is 0.472 e. The van der Waals surface area contributed by atoms with Crippen molar-refractivity contribution in [2.45, 2.75) is 19.4 Å². The molecule has 5 N–H and O–H groups in total. The van der Waals surface area contributed by atoms with Crippen LogP contribution >= 0.6 is 0 Å². The summed E-state index contributed by atoms with van der Waals surface area (Å²) in [5, 5.41) is 12.3. The molecule has 37 heavy (non-hydrogen) atoms. The molecular formula is C28H24F2N6O. The maximum Gasteiger partial charge on any atom is 0.150 e. The van der Waals surface area contributed by atoms with Gasteiger partial charge in [-0.3, -0.25) is 10.1 Å². The van der Waals surface area contributed by atoms with Crippen molar-refractivity contribution in [3.8, 4) is 22.4 Å². The van der Waals surface area contributed by atoms with Gasteiger partial charge in [-0.05, 0) is 54.8 Å². The van der Waals surface area contributed by atoms with Crippen molar-refractivity contribution in [3.05, 3.63) is 90.3 Å². The van der Waals surface area contributed by atoms with Gasteiger partial charge in [0.05, 0.1) is 41.1 Å². The first-order valence-corrected chi connectivity index (χ1v) is 11.9. The van der Waals surface area contributed by atoms with Crippen LogP contribution in [0.15, 0.2) is 71.8 Å². The quantitative estimate of drug-likeness (QED) is 0.218. The molecule has 4 aromatic heterocycles. The minimum absolute atomic E-state index is 0.282. The number of furan rings is 1. The summed E-state index contributed by atoms with van der Waals surface area (Å²) in [5.41, 5.74) is 13.7. The zero-order valence-electron chi connectivity index (χ0n) is 20.0. The van der Waals surface area contributed by atoms with E-state index in [1.807, 2.05) is 31.2 Å². The van der Waals surface area contributed by atoms with Gasteiger partial charge in [0.2, 0.25) is 0 Å². The third-order valence-electron chi connectivity index (χ3n) is 6.58. The summed E-state index contributed by atoms with van der Waals surface area (Å²) in [7, 11) is 0. The van der Waals surface area contributed by atoms with Crippen LogP contribution in [-0.4, -0.2) is 32.8 Å². The van der Waals surface area contributed by atoms with Crippen LogP contribution in [0.5, 0.6) is 0 Å². The number of hydrogen-bond acceptors (Lipinski definition) is 5. The summed E-state index contributed by atoms with van der Waals surface area (Å²) in [6, 6.07) is 11.9. The van der Waals surface area contributed by atoms with Gasteiger partial charge in [-0.15, -0.1) is 0 Å². The van der Waals surface area contributed by atoms with Crippen LogP contribution in [0, 0.1) is 18.6 Å². The molecule has 0 spiro atoms. The molecule has 2 aromatic carbocycles. The van der Waals surface area contributed by atoms with Crippen LogP contribution in [-0.2, 0) is 6.42 Å². The number of fused-ring (bicyclic) bond motifs is 2. The van der Waals surface area contributed by atoms with Gasteiger partial charge in [0, 0.05) is 52.4 Å². The maximum atomic E-state index is 14.0. The van der Waals surface area contributed by atoms with E-state index in [1.54, 1.807) is 24.9 Å². The molecule has 0 aliphatic rings. The zero-order chi connectivity index (χ0) is 25.5. The van der Waals surface area contributed by atoms with E-state index in [2.05, 4.69) is 26.6 Å². The average molecular weight is 499 g/mol. The number of H-pyrrole nitrogens is 2. The molecule has 1 atom stereocenters. The van der Waals surface area contributed by atoms with Crippen LogP contribution in [0.25, 0.3) is 44.2 Å². The summed E-state index contributed by atoms with van der Waals surface area (Å²) in [6.07, 6.45) is 7.18. The first-order valence-electron chi connectivity index (χ1n) is 11.9. The third kappa shape index (κ3) is 4.34. The summed E-state index contributed by atoms with van der Waals surface area (Å²) in [6.45, 7) is 2.43. The van der Waals surface area contributed by atoms with Gasteiger partial charge < -0.3 is 20.5 Å². The van der Waals surface area contributed by atoms with Crippen LogP contribution < -0.4 is 11.1 Å². The fraction of sp³-hybridized carbons (Fsp3) is 0.143. The number of halogens is 2. The van der Waals surface area contributed by atoms with Crippen molar-refractivity contribution >= 4 is 27.5 Å². The molecule has 0 unspecified atom stereocenters. The average Bonchev–Trinajstić information content (AvgIpc) is 3.64. The Hall–Kier alpha value is -4.50. The number of nitrogens with zero attached hydrogens (tertiary/aromatic N) is 2. The molecule has 0 bridgehead atoms. The second-order valence-corrected chi connectivity index (χ2v) is 9.18. The molecule has 0 fully saturated rings. The fourth-order valence-electron chi connectivity index (χ4n) is 4.70. The van der Waals surface area contributed by atoms with Crippen LogP contribution in [0.3, 0.4) is 0 Å². The highest BCUT2D eigenvalue weighted by molar-refractivity contribution is 5.90. The highest BCUT2D eigenvalue weighted by Gasteiger charge is 2.16. The summed E-state index contributed by atoms with van der Waals surface area (Å²) in [5.74, 6) is -1.23. The number of rotatable bonds is 7. The lowest BCUT2D eigenvalue weighted by atomic mass is 9.98. The minimum Gasteiger partial charge on any atom is -0.472 e. The van der Waals surface area contributed by atoms with Crippen molar-refractivity contribution in [3.63, 3.8) is 0 Å². The molecule has 9 heteroatoms. The number of nitrogens with one attached hydrogen (secondary N) is 3. The molecule has 0 saturated heterocycles. The standard InChI is InChI=1S/C28H24F2N6O/c1-15-22-7-16(2-3-26(22)36-35-15)24-10-21(13-34-27(24)17-4-5-37-14-17)32-12-20(31)6-18-11-33-28-23(18)8-19(29)9-25(28)30/h2-5,7-11,13-14,20,32-33H,6,12,31H2,1H3,(H,35,36)/t20-/m1/s1. The van der Waals surface area contributed by atoms with E-state index in [-0.39, 0.29) is 11.6 Å². The van der Waals surface area contributed by atoms with Crippen molar-refractivity contribution in [2.24, 2.45) is 5.73 Å². The van der Waals surface area contributed by atoms with E-state index >= 15 is 0 Å². The van der Waals surface area contributed by atoms with Crippen LogP contribution in [0.4, 0.5) is 14.5 Å². The lowest BCUT2D eigenvalue weighted by molar-refractivity contribution is 0.568. The Kier molecular flexibility index (Phi) is 5.69. The molecule has 7 nitrogen and oxygen atoms in total. The van der Waals surface area contributed by atoms with E-state index in [9.17, 15) is 8.78 Å². The number of aromatic nitrogens is 4. The number of benzene rings is 2. The normalized spacial score (nSPS) is 12.4. The molecule has 4 heterocycles. The Labute approximate surface area is 210 Å². The van der Waals surface area contributed by atoms with Gasteiger partial charge >= 0.3 is 0 Å². The molecular weight excluding hydrogens is 474 g/mol. The molecule has 186 valence electrons. The first-order chi connectivity index (χ1) is 18.0. The molecule has 0 saturated carbocycles. The summed E-state index contributed by atoms with van der Waals surface area (Å²) < 4.78 is 33.1. The van der Waals surface area contributed by atoms with Gasteiger partial charge in [0.25, 0.3) is 0 Å². The van der Waals surface area contributed by atoms with E-state index in [0.29, 0.717) is 18.4 Å². The van der Waals surface area contributed by atoms with Crippen molar-refractivity contribution < 1.29 is 13.2 Å². The van der Waals surface area contributed by atoms with Crippen LogP contribution in [0.2, 0.25) is 0 Å². The zero-order valence-corrected chi connectivity index (χ0v) is 20.0. The molecule has 0 amide bonds. The third-order valence-corrected chi connectivity index (χ3v) is 6.58.